The minimum atomic E-state index is -1.17. The molecule has 114 valence electrons. The average molecular weight is 312 g/mol. The van der Waals surface area contributed by atoms with Crippen molar-refractivity contribution in [3.05, 3.63) is 46.5 Å². The van der Waals surface area contributed by atoms with Crippen LogP contribution in [0.2, 0.25) is 5.02 Å². The van der Waals surface area contributed by atoms with Crippen LogP contribution in [-0.2, 0) is 9.53 Å². The second-order valence-corrected chi connectivity index (χ2v) is 5.01. The molecule has 0 fully saturated rings. The van der Waals surface area contributed by atoms with Gasteiger partial charge in [-0.25, -0.2) is 4.79 Å². The van der Waals surface area contributed by atoms with Gasteiger partial charge >= 0.3 is 5.97 Å². The smallest absolute Gasteiger partial charge is 0.328 e. The van der Waals surface area contributed by atoms with Crippen LogP contribution in [0, 0.1) is 13.8 Å². The first-order valence-electron chi connectivity index (χ1n) is 6.35. The molecule has 1 atom stereocenters. The molecular weight excluding hydrogens is 294 g/mol. The molecule has 0 heterocycles. The highest BCUT2D eigenvalue weighted by Gasteiger charge is 2.22. The summed E-state index contributed by atoms with van der Waals surface area (Å²) in [7, 11) is 0. The van der Waals surface area contributed by atoms with E-state index in [-0.39, 0.29) is 23.8 Å². The van der Waals surface area contributed by atoms with Crippen molar-refractivity contribution in [2.75, 3.05) is 13.2 Å². The van der Waals surface area contributed by atoms with Gasteiger partial charge in [0.1, 0.15) is 0 Å². The molecule has 1 amide bonds. The van der Waals surface area contributed by atoms with Crippen LogP contribution in [0.4, 0.5) is 0 Å². The van der Waals surface area contributed by atoms with Gasteiger partial charge in [-0.15, -0.1) is 6.58 Å². The number of aliphatic carboxylic acids is 1. The van der Waals surface area contributed by atoms with E-state index in [0.717, 1.165) is 11.1 Å². The molecule has 1 rings (SSSR count). The van der Waals surface area contributed by atoms with Gasteiger partial charge in [-0.3, -0.25) is 4.79 Å². The number of ether oxygens (including phenoxy) is 1. The number of carbonyl (C=O) groups excluding carboxylic acids is 1. The van der Waals surface area contributed by atoms with E-state index in [9.17, 15) is 9.59 Å². The van der Waals surface area contributed by atoms with E-state index in [1.165, 1.54) is 6.08 Å². The number of aryl methyl sites for hydroxylation is 2. The van der Waals surface area contributed by atoms with Crippen LogP contribution in [0.25, 0.3) is 0 Å². The molecule has 0 saturated carbocycles. The Labute approximate surface area is 128 Å². The molecule has 1 aromatic rings. The Morgan fingerprint density at radius 2 is 2.05 bits per heavy atom. The van der Waals surface area contributed by atoms with Gasteiger partial charge in [0.25, 0.3) is 5.91 Å². The number of carbonyl (C=O) groups is 2. The van der Waals surface area contributed by atoms with Crippen molar-refractivity contribution in [1.82, 2.24) is 5.32 Å². The Morgan fingerprint density at radius 1 is 1.43 bits per heavy atom. The number of hydrogen-bond donors (Lipinski definition) is 2. The van der Waals surface area contributed by atoms with E-state index in [4.69, 9.17) is 21.4 Å². The minimum Gasteiger partial charge on any atom is -0.480 e. The predicted octanol–water partition coefficient (Wildman–Crippen LogP) is 2.34. The van der Waals surface area contributed by atoms with Gasteiger partial charge in [0, 0.05) is 0 Å². The molecule has 0 saturated heterocycles. The predicted molar refractivity (Wildman–Crippen MR) is 80.8 cm³/mol. The van der Waals surface area contributed by atoms with E-state index in [1.54, 1.807) is 12.1 Å². The Kier molecular flexibility index (Phi) is 6.39. The molecule has 2 N–H and O–H groups in total. The molecule has 5 nitrogen and oxygen atoms in total. The molecular formula is C15H18ClNO4. The maximum absolute atomic E-state index is 12.1. The Hall–Kier alpha value is -1.85. The maximum atomic E-state index is 12.1. The van der Waals surface area contributed by atoms with Gasteiger partial charge in [-0.1, -0.05) is 17.7 Å². The Bertz CT molecular complexity index is 557. The van der Waals surface area contributed by atoms with Gasteiger partial charge in [0.05, 0.1) is 23.8 Å². The summed E-state index contributed by atoms with van der Waals surface area (Å²) in [5, 5.41) is 11.8. The summed E-state index contributed by atoms with van der Waals surface area (Å²) in [5.74, 6) is -1.72. The quantitative estimate of drug-likeness (QED) is 0.598. The summed E-state index contributed by atoms with van der Waals surface area (Å²) in [6.45, 7) is 7.26. The minimum absolute atomic E-state index is 0.143. The summed E-state index contributed by atoms with van der Waals surface area (Å²) in [6, 6.07) is 2.17. The van der Waals surface area contributed by atoms with Gasteiger partial charge in [-0.2, -0.15) is 0 Å². The van der Waals surface area contributed by atoms with Crippen LogP contribution in [0.5, 0.6) is 0 Å². The number of halogens is 1. The van der Waals surface area contributed by atoms with Crippen LogP contribution >= 0.6 is 11.6 Å². The fourth-order valence-electron chi connectivity index (χ4n) is 1.63. The summed E-state index contributed by atoms with van der Waals surface area (Å²) >= 11 is 6.03. The first-order valence-corrected chi connectivity index (χ1v) is 6.73. The third-order valence-electron chi connectivity index (χ3n) is 2.95. The van der Waals surface area contributed by atoms with Crippen LogP contribution in [0.15, 0.2) is 24.8 Å². The van der Waals surface area contributed by atoms with Crippen molar-refractivity contribution in [3.8, 4) is 0 Å². The lowest BCUT2D eigenvalue weighted by Gasteiger charge is -2.15. The molecule has 1 aromatic carbocycles. The molecule has 0 radical (unpaired) electrons. The molecule has 0 aliphatic heterocycles. The monoisotopic (exact) mass is 311 g/mol. The van der Waals surface area contributed by atoms with Crippen molar-refractivity contribution in [2.24, 2.45) is 0 Å². The molecule has 0 bridgehead atoms. The average Bonchev–Trinajstić information content (AvgIpc) is 2.41. The zero-order valence-electron chi connectivity index (χ0n) is 12.0. The molecule has 6 heteroatoms. The maximum Gasteiger partial charge on any atom is 0.328 e. The fraction of sp³-hybridized carbons (Fsp3) is 0.333. The van der Waals surface area contributed by atoms with Crippen molar-refractivity contribution >= 4 is 23.5 Å². The van der Waals surface area contributed by atoms with E-state index in [2.05, 4.69) is 11.9 Å². The summed E-state index contributed by atoms with van der Waals surface area (Å²) in [6.07, 6.45) is 1.50. The molecule has 1 unspecified atom stereocenters. The molecule has 0 aliphatic carbocycles. The standard InChI is InChI=1S/C15H18ClNO4/c1-4-5-21-8-13(15(19)20)17-14(18)11-6-9(2)10(3)7-12(11)16/h4,6-7,13H,1,5,8H2,2-3H3,(H,17,18)(H,19,20). The molecule has 0 spiro atoms. The van der Waals surface area contributed by atoms with Gasteiger partial charge in [0.2, 0.25) is 0 Å². The van der Waals surface area contributed by atoms with E-state index >= 15 is 0 Å². The molecule has 0 aliphatic rings. The number of hydrogen-bond acceptors (Lipinski definition) is 3. The Balaban J connectivity index is 2.84. The Morgan fingerprint density at radius 3 is 2.62 bits per heavy atom. The van der Waals surface area contributed by atoms with Crippen LogP contribution < -0.4 is 5.32 Å². The zero-order valence-corrected chi connectivity index (χ0v) is 12.7. The number of carboxylic acid groups (broad SMARTS) is 1. The highest BCUT2D eigenvalue weighted by atomic mass is 35.5. The zero-order chi connectivity index (χ0) is 16.0. The van der Waals surface area contributed by atoms with Gasteiger partial charge < -0.3 is 15.2 Å². The lowest BCUT2D eigenvalue weighted by atomic mass is 10.1. The number of nitrogens with one attached hydrogen (secondary N) is 1. The summed E-state index contributed by atoms with van der Waals surface area (Å²) in [4.78, 5) is 23.3. The number of rotatable bonds is 7. The molecule has 0 aromatic heterocycles. The highest BCUT2D eigenvalue weighted by molar-refractivity contribution is 6.34. The topological polar surface area (TPSA) is 75.6 Å². The van der Waals surface area contributed by atoms with Gasteiger partial charge in [-0.05, 0) is 37.1 Å². The van der Waals surface area contributed by atoms with Crippen molar-refractivity contribution in [2.45, 2.75) is 19.9 Å². The van der Waals surface area contributed by atoms with Crippen LogP contribution in [0.1, 0.15) is 21.5 Å². The SMILES string of the molecule is C=CCOCC(NC(=O)c1cc(C)c(C)cc1Cl)C(=O)O. The van der Waals surface area contributed by atoms with E-state index in [0.29, 0.717) is 0 Å². The fourth-order valence-corrected chi connectivity index (χ4v) is 1.94. The third kappa shape index (κ3) is 4.88. The number of carboxylic acids is 1. The van der Waals surface area contributed by atoms with Crippen LogP contribution in [0.3, 0.4) is 0 Å². The van der Waals surface area contributed by atoms with E-state index in [1.807, 2.05) is 13.8 Å². The number of benzene rings is 1. The van der Waals surface area contributed by atoms with E-state index < -0.39 is 17.9 Å². The van der Waals surface area contributed by atoms with Gasteiger partial charge in [0.15, 0.2) is 6.04 Å². The first-order chi connectivity index (χ1) is 9.86. The highest BCUT2D eigenvalue weighted by Crippen LogP contribution is 2.20. The lowest BCUT2D eigenvalue weighted by molar-refractivity contribution is -0.140. The summed E-state index contributed by atoms with van der Waals surface area (Å²) < 4.78 is 5.07. The lowest BCUT2D eigenvalue weighted by Crippen LogP contribution is -2.44. The summed E-state index contributed by atoms with van der Waals surface area (Å²) in [5.41, 5.74) is 2.11. The van der Waals surface area contributed by atoms with Crippen molar-refractivity contribution in [3.63, 3.8) is 0 Å². The second-order valence-electron chi connectivity index (χ2n) is 4.61. The van der Waals surface area contributed by atoms with Crippen LogP contribution in [-0.4, -0.2) is 36.2 Å². The molecule has 21 heavy (non-hydrogen) atoms. The second kappa shape index (κ2) is 7.81. The first kappa shape index (κ1) is 17.2. The normalized spacial score (nSPS) is 11.8. The van der Waals surface area contributed by atoms with Crippen molar-refractivity contribution in [1.29, 1.82) is 0 Å². The third-order valence-corrected chi connectivity index (χ3v) is 3.26. The van der Waals surface area contributed by atoms with Crippen molar-refractivity contribution < 1.29 is 19.4 Å². The largest absolute Gasteiger partial charge is 0.480 e. The number of amides is 1.